The molecule has 0 amide bonds. The average molecular weight is 338 g/mol. The van der Waals surface area contributed by atoms with Crippen LogP contribution in [0.4, 0.5) is 0 Å². The second kappa shape index (κ2) is 6.96. The maximum atomic E-state index is 9.42. The van der Waals surface area contributed by atoms with E-state index in [4.69, 9.17) is 0 Å². The quantitative estimate of drug-likeness (QED) is 0.610. The van der Waals surface area contributed by atoms with Crippen molar-refractivity contribution < 1.29 is 0 Å². The standard InChI is InChI=1S/C24H22N2/c1-23(2,3)11-9-17-13-18(10-12-24(4,5)6)22-14-20(16-26)19(15-25)7-8-21(17)22/h7-8,13-14H,1-6H3. The lowest BCUT2D eigenvalue weighted by Crippen LogP contribution is -1.99. The molecule has 0 heterocycles. The molecule has 0 aromatic rings. The van der Waals surface area contributed by atoms with Crippen molar-refractivity contribution in [3.63, 3.8) is 0 Å². The molecule has 26 heavy (non-hydrogen) atoms. The Labute approximate surface area is 156 Å². The number of rotatable bonds is 0. The summed E-state index contributed by atoms with van der Waals surface area (Å²) in [6.07, 6.45) is 0. The minimum Gasteiger partial charge on any atom is -0.192 e. The maximum absolute atomic E-state index is 9.42. The fourth-order valence-electron chi connectivity index (χ4n) is 2.31. The Bertz CT molecular complexity index is 1020. The normalized spacial score (nSPS) is 10.8. The summed E-state index contributed by atoms with van der Waals surface area (Å²) < 4.78 is 0. The molecule has 0 saturated carbocycles. The van der Waals surface area contributed by atoms with Crippen molar-refractivity contribution in [2.45, 2.75) is 41.5 Å². The molecule has 0 atom stereocenters. The highest BCUT2D eigenvalue weighted by Crippen LogP contribution is 2.33. The van der Waals surface area contributed by atoms with Crippen LogP contribution in [0, 0.1) is 57.2 Å². The van der Waals surface area contributed by atoms with Gasteiger partial charge in [0.2, 0.25) is 0 Å². The van der Waals surface area contributed by atoms with Gasteiger partial charge in [-0.3, -0.25) is 0 Å². The van der Waals surface area contributed by atoms with Crippen molar-refractivity contribution in [2.75, 3.05) is 0 Å². The molecule has 0 N–H and O–H groups in total. The molecular formula is C24H22N2. The molecule has 0 fully saturated rings. The zero-order valence-corrected chi connectivity index (χ0v) is 16.2. The first kappa shape index (κ1) is 19.1. The molecule has 0 aliphatic heterocycles. The van der Waals surface area contributed by atoms with E-state index in [1.54, 1.807) is 12.1 Å². The van der Waals surface area contributed by atoms with E-state index in [-0.39, 0.29) is 10.8 Å². The van der Waals surface area contributed by atoms with Crippen LogP contribution in [0.5, 0.6) is 0 Å². The Morgan fingerprint density at radius 3 is 1.58 bits per heavy atom. The van der Waals surface area contributed by atoms with E-state index in [1.807, 2.05) is 12.1 Å². The van der Waals surface area contributed by atoms with Crippen molar-refractivity contribution >= 4 is 0 Å². The molecule has 0 aromatic heterocycles. The van der Waals surface area contributed by atoms with E-state index in [9.17, 15) is 10.5 Å². The van der Waals surface area contributed by atoms with Crippen LogP contribution in [0.25, 0.3) is 11.1 Å². The summed E-state index contributed by atoms with van der Waals surface area (Å²) in [6.45, 7) is 12.4. The third-order valence-electron chi connectivity index (χ3n) is 3.54. The Balaban J connectivity index is 2.81. The number of fused-ring (bicyclic) bond motifs is 1. The van der Waals surface area contributed by atoms with E-state index in [1.165, 1.54) is 0 Å². The van der Waals surface area contributed by atoms with Gasteiger partial charge in [-0.15, -0.1) is 0 Å². The summed E-state index contributed by atoms with van der Waals surface area (Å²) in [5, 5.41) is 18.7. The monoisotopic (exact) mass is 338 g/mol. The summed E-state index contributed by atoms with van der Waals surface area (Å²) in [5.74, 6) is 13.0. The van der Waals surface area contributed by atoms with Gasteiger partial charge in [-0.1, -0.05) is 29.7 Å². The second-order valence-electron chi connectivity index (χ2n) is 8.33. The molecule has 128 valence electrons. The van der Waals surface area contributed by atoms with E-state index in [2.05, 4.69) is 77.4 Å². The fraction of sp³-hybridized carbons (Fsp3) is 0.333. The molecule has 0 saturated heterocycles. The van der Waals surface area contributed by atoms with Crippen LogP contribution in [0.3, 0.4) is 0 Å². The van der Waals surface area contributed by atoms with Crippen molar-refractivity contribution in [3.8, 4) is 46.9 Å². The molecule has 0 radical (unpaired) electrons. The van der Waals surface area contributed by atoms with Gasteiger partial charge in [0, 0.05) is 22.0 Å². The molecule has 0 bridgehead atoms. The molecule has 2 aliphatic rings. The zero-order chi connectivity index (χ0) is 19.5. The van der Waals surface area contributed by atoms with Crippen LogP contribution in [0.15, 0.2) is 24.3 Å². The first-order valence-corrected chi connectivity index (χ1v) is 8.51. The second-order valence-corrected chi connectivity index (χ2v) is 8.33. The highest BCUT2D eigenvalue weighted by molar-refractivity contribution is 5.82. The predicted octanol–water partition coefficient (Wildman–Crippen LogP) is 5.33. The summed E-state index contributed by atoms with van der Waals surface area (Å²) in [5.41, 5.74) is 3.94. The Hall–Kier alpha value is -3.20. The molecule has 2 heteroatoms. The van der Waals surface area contributed by atoms with Crippen molar-refractivity contribution in [3.05, 3.63) is 46.5 Å². The fourth-order valence-corrected chi connectivity index (χ4v) is 2.31. The van der Waals surface area contributed by atoms with Gasteiger partial charge in [-0.2, -0.15) is 10.5 Å². The highest BCUT2D eigenvalue weighted by Gasteiger charge is 2.16. The molecule has 0 spiro atoms. The van der Waals surface area contributed by atoms with Crippen LogP contribution in [-0.4, -0.2) is 0 Å². The molecule has 2 nitrogen and oxygen atoms in total. The van der Waals surface area contributed by atoms with E-state index in [0.717, 1.165) is 22.3 Å². The Morgan fingerprint density at radius 1 is 0.615 bits per heavy atom. The summed E-state index contributed by atoms with van der Waals surface area (Å²) in [4.78, 5) is 0. The third-order valence-corrected chi connectivity index (χ3v) is 3.54. The van der Waals surface area contributed by atoms with E-state index in [0.29, 0.717) is 11.1 Å². The number of hydrogen-bond donors (Lipinski definition) is 0. The molecule has 0 unspecified atom stereocenters. The molecule has 2 rings (SSSR count). The van der Waals surface area contributed by atoms with Gasteiger partial charge in [-0.25, -0.2) is 0 Å². The first-order chi connectivity index (χ1) is 12.0. The number of nitriles is 2. The minimum absolute atomic E-state index is 0.118. The number of hydrogen-bond acceptors (Lipinski definition) is 2. The minimum atomic E-state index is -0.131. The van der Waals surface area contributed by atoms with Gasteiger partial charge in [0.15, 0.2) is 0 Å². The SMILES string of the molecule is CC(C)(C)C#Cc1cc(C#CC(C)(C)C)c2cc(C#N)c(C#N)ccc1-2. The van der Waals surface area contributed by atoms with Gasteiger partial charge in [-0.05, 0) is 70.9 Å². The smallest absolute Gasteiger partial charge is 0.101 e. The third kappa shape index (κ3) is 4.67. The number of nitrogens with zero attached hydrogens (tertiary/aromatic N) is 2. The van der Waals surface area contributed by atoms with Crippen molar-refractivity contribution in [1.82, 2.24) is 0 Å². The van der Waals surface area contributed by atoms with Crippen LogP contribution in [0.2, 0.25) is 0 Å². The van der Waals surface area contributed by atoms with E-state index < -0.39 is 0 Å². The Morgan fingerprint density at radius 2 is 1.12 bits per heavy atom. The molecule has 0 aromatic carbocycles. The lowest BCUT2D eigenvalue weighted by atomic mass is 9.97. The Kier molecular flexibility index (Phi) is 5.12. The van der Waals surface area contributed by atoms with Crippen molar-refractivity contribution in [1.29, 1.82) is 10.5 Å². The maximum Gasteiger partial charge on any atom is 0.101 e. The van der Waals surface area contributed by atoms with Gasteiger partial charge in [0.25, 0.3) is 0 Å². The van der Waals surface area contributed by atoms with Gasteiger partial charge in [0.1, 0.15) is 12.1 Å². The van der Waals surface area contributed by atoms with Gasteiger partial charge < -0.3 is 0 Å². The van der Waals surface area contributed by atoms with Crippen LogP contribution in [0.1, 0.15) is 63.8 Å². The average Bonchev–Trinajstić information content (AvgIpc) is 2.73. The topological polar surface area (TPSA) is 47.6 Å². The van der Waals surface area contributed by atoms with Crippen molar-refractivity contribution in [2.24, 2.45) is 10.8 Å². The van der Waals surface area contributed by atoms with Crippen LogP contribution < -0.4 is 0 Å². The molecule has 2 aliphatic carbocycles. The lowest BCUT2D eigenvalue weighted by molar-refractivity contribution is 0.570. The first-order valence-electron chi connectivity index (χ1n) is 8.51. The zero-order valence-electron chi connectivity index (χ0n) is 16.2. The van der Waals surface area contributed by atoms with Crippen LogP contribution >= 0.6 is 0 Å². The van der Waals surface area contributed by atoms with Gasteiger partial charge in [0.05, 0.1) is 11.1 Å². The summed E-state index contributed by atoms with van der Waals surface area (Å²) in [7, 11) is 0. The largest absolute Gasteiger partial charge is 0.192 e. The lowest BCUT2D eigenvalue weighted by Gasteiger charge is -2.06. The highest BCUT2D eigenvalue weighted by atomic mass is 14.3. The molecular weight excluding hydrogens is 316 g/mol. The van der Waals surface area contributed by atoms with Gasteiger partial charge >= 0.3 is 0 Å². The van der Waals surface area contributed by atoms with Crippen LogP contribution in [-0.2, 0) is 0 Å². The summed E-state index contributed by atoms with van der Waals surface area (Å²) >= 11 is 0. The van der Waals surface area contributed by atoms with E-state index >= 15 is 0 Å². The predicted molar refractivity (Wildman–Crippen MR) is 105 cm³/mol. The summed E-state index contributed by atoms with van der Waals surface area (Å²) in [6, 6.07) is 11.5.